The number of nitrogens with zero attached hydrogens (tertiary/aromatic N) is 1. The molecule has 98 valence electrons. The van der Waals surface area contributed by atoms with Gasteiger partial charge in [-0.2, -0.15) is 0 Å². The second-order valence-corrected chi connectivity index (χ2v) is 5.06. The van der Waals surface area contributed by atoms with Gasteiger partial charge in [-0.05, 0) is 37.3 Å². The first-order valence-corrected chi connectivity index (χ1v) is 7.32. The van der Waals surface area contributed by atoms with Crippen molar-refractivity contribution in [2.75, 3.05) is 0 Å². The van der Waals surface area contributed by atoms with Crippen LogP contribution in [0.2, 0.25) is 0 Å². The number of aromatic nitrogens is 2. The summed E-state index contributed by atoms with van der Waals surface area (Å²) in [5.41, 5.74) is 2.13. The maximum atomic E-state index is 4.40. The van der Waals surface area contributed by atoms with Gasteiger partial charge >= 0.3 is 0 Å². The maximum absolute atomic E-state index is 4.40. The molecule has 3 rings (SSSR count). The highest BCUT2D eigenvalue weighted by atomic mass is 32.2. The van der Waals surface area contributed by atoms with Gasteiger partial charge in [-0.25, -0.2) is 4.98 Å². The summed E-state index contributed by atoms with van der Waals surface area (Å²) in [4.78, 5) is 10.1. The third kappa shape index (κ3) is 3.38. The van der Waals surface area contributed by atoms with E-state index in [9.17, 15) is 0 Å². The summed E-state index contributed by atoms with van der Waals surface area (Å²) >= 11 is 1.76. The van der Waals surface area contributed by atoms with Crippen LogP contribution in [0, 0.1) is 6.92 Å². The van der Waals surface area contributed by atoms with Crippen LogP contribution in [0.3, 0.4) is 0 Å². The van der Waals surface area contributed by atoms with E-state index in [1.807, 2.05) is 26.8 Å². The number of hydrogen-bond donors (Lipinski definition) is 1. The number of fused-ring (bicyclic) bond motifs is 1. The van der Waals surface area contributed by atoms with Crippen molar-refractivity contribution in [1.82, 2.24) is 9.97 Å². The Kier molecular flexibility index (Phi) is 4.63. The highest BCUT2D eigenvalue weighted by molar-refractivity contribution is 7.99. The van der Waals surface area contributed by atoms with Gasteiger partial charge in [-0.1, -0.05) is 43.8 Å². The van der Waals surface area contributed by atoms with Crippen molar-refractivity contribution in [3.8, 4) is 0 Å². The van der Waals surface area contributed by atoms with Gasteiger partial charge < -0.3 is 4.98 Å². The molecule has 1 aromatic heterocycles. The minimum atomic E-state index is 0.960. The lowest BCUT2D eigenvalue weighted by atomic mass is 10.3. The normalized spacial score (nSPS) is 10.1. The van der Waals surface area contributed by atoms with E-state index < -0.39 is 0 Å². The molecule has 3 aromatic rings. The molecule has 1 heterocycles. The number of aromatic amines is 1. The first-order chi connectivity index (χ1) is 9.31. The maximum Gasteiger partial charge on any atom is 0.104 e. The minimum Gasteiger partial charge on any atom is -0.342 e. The van der Waals surface area contributed by atoms with Crippen molar-refractivity contribution in [3.05, 3.63) is 54.4 Å². The predicted octanol–water partition coefficient (Wildman–Crippen LogP) is 5.05. The van der Waals surface area contributed by atoms with Crippen LogP contribution in [0.1, 0.15) is 19.7 Å². The monoisotopic (exact) mass is 270 g/mol. The van der Waals surface area contributed by atoms with E-state index >= 15 is 0 Å². The topological polar surface area (TPSA) is 28.7 Å². The van der Waals surface area contributed by atoms with Crippen LogP contribution in [0.4, 0.5) is 0 Å². The summed E-state index contributed by atoms with van der Waals surface area (Å²) in [6.45, 7) is 5.98. The summed E-state index contributed by atoms with van der Waals surface area (Å²) < 4.78 is 0. The van der Waals surface area contributed by atoms with Gasteiger partial charge in [0.25, 0.3) is 0 Å². The summed E-state index contributed by atoms with van der Waals surface area (Å²) in [5.74, 6) is 0.960. The van der Waals surface area contributed by atoms with Gasteiger partial charge in [-0.3, -0.25) is 0 Å². The first kappa shape index (κ1) is 13.7. The number of hydrogen-bond acceptors (Lipinski definition) is 2. The molecule has 2 nitrogen and oxygen atoms in total. The molecule has 0 bridgehead atoms. The molecule has 1 N–H and O–H groups in total. The fourth-order valence-corrected chi connectivity index (χ4v) is 2.68. The van der Waals surface area contributed by atoms with Crippen molar-refractivity contribution in [3.63, 3.8) is 0 Å². The number of imidazole rings is 1. The van der Waals surface area contributed by atoms with Crippen molar-refractivity contribution < 1.29 is 0 Å². The molecule has 2 aromatic carbocycles. The Hall–Kier alpha value is -1.74. The van der Waals surface area contributed by atoms with Crippen LogP contribution < -0.4 is 0 Å². The third-order valence-corrected chi connectivity index (χ3v) is 3.55. The number of H-pyrrole nitrogens is 1. The molecular formula is C16H18N2S. The van der Waals surface area contributed by atoms with Crippen LogP contribution in [0.5, 0.6) is 0 Å². The van der Waals surface area contributed by atoms with E-state index in [0.29, 0.717) is 0 Å². The number of nitrogens with one attached hydrogen (secondary N) is 1. The number of rotatable bonds is 2. The van der Waals surface area contributed by atoms with E-state index in [4.69, 9.17) is 0 Å². The van der Waals surface area contributed by atoms with Crippen LogP contribution in [-0.4, -0.2) is 9.97 Å². The van der Waals surface area contributed by atoms with E-state index in [0.717, 1.165) is 16.9 Å². The smallest absolute Gasteiger partial charge is 0.104 e. The molecule has 0 spiro atoms. The van der Waals surface area contributed by atoms with E-state index in [1.165, 1.54) is 9.79 Å². The van der Waals surface area contributed by atoms with Crippen LogP contribution >= 0.6 is 11.8 Å². The van der Waals surface area contributed by atoms with Gasteiger partial charge in [0.2, 0.25) is 0 Å². The lowest BCUT2D eigenvalue weighted by Crippen LogP contribution is -1.74. The largest absolute Gasteiger partial charge is 0.342 e. The zero-order valence-corrected chi connectivity index (χ0v) is 12.3. The average molecular weight is 270 g/mol. The van der Waals surface area contributed by atoms with Crippen LogP contribution in [0.25, 0.3) is 11.0 Å². The average Bonchev–Trinajstić information content (AvgIpc) is 2.81. The molecule has 0 unspecified atom stereocenters. The van der Waals surface area contributed by atoms with Gasteiger partial charge in [0.15, 0.2) is 0 Å². The number of aryl methyl sites for hydroxylation is 1. The standard InChI is InChI=1S/C14H12N2S.C2H6/c1-10-15-13-8-7-12(9-14(13)16-10)17-11-5-3-2-4-6-11;1-2/h2-9H,1H3,(H,15,16);1-2H3. The second kappa shape index (κ2) is 6.43. The lowest BCUT2D eigenvalue weighted by molar-refractivity contribution is 1.17. The van der Waals surface area contributed by atoms with Crippen LogP contribution in [0.15, 0.2) is 58.3 Å². The molecular weight excluding hydrogens is 252 g/mol. The van der Waals surface area contributed by atoms with Gasteiger partial charge in [-0.15, -0.1) is 0 Å². The molecule has 3 heteroatoms. The quantitative estimate of drug-likeness (QED) is 0.706. The second-order valence-electron chi connectivity index (χ2n) is 3.92. The Morgan fingerprint density at radius 2 is 1.68 bits per heavy atom. The highest BCUT2D eigenvalue weighted by Crippen LogP contribution is 2.29. The molecule has 0 atom stereocenters. The molecule has 0 amide bonds. The molecule has 0 aliphatic heterocycles. The Balaban J connectivity index is 0.000000637. The Morgan fingerprint density at radius 1 is 0.947 bits per heavy atom. The molecule has 0 aliphatic carbocycles. The van der Waals surface area contributed by atoms with Gasteiger partial charge in [0.05, 0.1) is 11.0 Å². The molecule has 0 fully saturated rings. The Labute approximate surface area is 118 Å². The molecule has 0 saturated carbocycles. The van der Waals surface area contributed by atoms with E-state index in [1.54, 1.807) is 11.8 Å². The van der Waals surface area contributed by atoms with Gasteiger partial charge in [0, 0.05) is 9.79 Å². The van der Waals surface area contributed by atoms with E-state index in [-0.39, 0.29) is 0 Å². The first-order valence-electron chi connectivity index (χ1n) is 6.50. The molecule has 19 heavy (non-hydrogen) atoms. The Bertz CT molecular complexity index is 644. The third-order valence-electron chi connectivity index (χ3n) is 2.55. The molecule has 0 saturated heterocycles. The van der Waals surface area contributed by atoms with Crippen molar-refractivity contribution >= 4 is 22.8 Å². The molecule has 0 radical (unpaired) electrons. The number of benzene rings is 2. The summed E-state index contributed by atoms with van der Waals surface area (Å²) in [7, 11) is 0. The lowest BCUT2D eigenvalue weighted by Gasteiger charge is -2.00. The predicted molar refractivity (Wildman–Crippen MR) is 82.7 cm³/mol. The summed E-state index contributed by atoms with van der Waals surface area (Å²) in [6, 6.07) is 16.7. The fourth-order valence-electron chi connectivity index (χ4n) is 1.80. The van der Waals surface area contributed by atoms with Crippen molar-refractivity contribution in [1.29, 1.82) is 0 Å². The van der Waals surface area contributed by atoms with Crippen molar-refractivity contribution in [2.24, 2.45) is 0 Å². The zero-order valence-electron chi connectivity index (χ0n) is 11.5. The van der Waals surface area contributed by atoms with Crippen LogP contribution in [-0.2, 0) is 0 Å². The Morgan fingerprint density at radius 3 is 2.42 bits per heavy atom. The molecule has 0 aliphatic rings. The fraction of sp³-hybridized carbons (Fsp3) is 0.188. The zero-order chi connectivity index (χ0) is 13.7. The minimum absolute atomic E-state index is 0.960. The summed E-state index contributed by atoms with van der Waals surface area (Å²) in [5, 5.41) is 0. The summed E-state index contributed by atoms with van der Waals surface area (Å²) in [6.07, 6.45) is 0. The van der Waals surface area contributed by atoms with Crippen molar-refractivity contribution in [2.45, 2.75) is 30.6 Å². The SMILES string of the molecule is CC.Cc1nc2ccc(Sc3ccccc3)cc2[nH]1. The highest BCUT2D eigenvalue weighted by Gasteiger charge is 2.02. The van der Waals surface area contributed by atoms with E-state index in [2.05, 4.69) is 52.4 Å². The van der Waals surface area contributed by atoms with Gasteiger partial charge in [0.1, 0.15) is 5.82 Å².